The summed E-state index contributed by atoms with van der Waals surface area (Å²) in [6, 6.07) is 2.43. The van der Waals surface area contributed by atoms with Gasteiger partial charge in [0, 0.05) is 16.5 Å². The second-order valence-corrected chi connectivity index (χ2v) is 14.7. The third kappa shape index (κ3) is 2.70. The van der Waals surface area contributed by atoms with Crippen LogP contribution in [0.4, 0.5) is 0 Å². The Labute approximate surface area is 194 Å². The fourth-order valence-corrected chi connectivity index (χ4v) is 11.0. The maximum atomic E-state index is 11.8. The first-order valence-corrected chi connectivity index (χ1v) is 13.7. The lowest BCUT2D eigenvalue weighted by molar-refractivity contribution is -0.00929. The molecule has 2 nitrogen and oxygen atoms in total. The molecule has 0 spiro atoms. The van der Waals surface area contributed by atoms with Gasteiger partial charge in [0.1, 0.15) is 0 Å². The summed E-state index contributed by atoms with van der Waals surface area (Å²) in [6.07, 6.45) is 15.8. The van der Waals surface area contributed by atoms with Gasteiger partial charge in [-0.25, -0.2) is 0 Å². The summed E-state index contributed by atoms with van der Waals surface area (Å²) in [4.78, 5) is 0. The van der Waals surface area contributed by atoms with E-state index in [9.17, 15) is 10.2 Å². The summed E-state index contributed by atoms with van der Waals surface area (Å²) in [5.74, 6) is 5.56. The largest absolute Gasteiger partial charge is 0.504 e. The Balaban J connectivity index is 1.41. The van der Waals surface area contributed by atoms with Crippen LogP contribution in [0.1, 0.15) is 115 Å². The topological polar surface area (TPSA) is 40.5 Å². The van der Waals surface area contributed by atoms with E-state index in [2.05, 4.69) is 26.8 Å². The molecular formula is C30H42O2. The minimum atomic E-state index is -0.0269. The molecule has 8 saturated carbocycles. The highest BCUT2D eigenvalue weighted by Crippen LogP contribution is 2.66. The summed E-state index contributed by atoms with van der Waals surface area (Å²) in [5.41, 5.74) is 3.80. The van der Waals surface area contributed by atoms with Crippen molar-refractivity contribution in [2.24, 2.45) is 35.5 Å². The van der Waals surface area contributed by atoms with Gasteiger partial charge in [-0.15, -0.1) is 0 Å². The summed E-state index contributed by atoms with van der Waals surface area (Å²) in [6.45, 7) is 6.98. The summed E-state index contributed by atoms with van der Waals surface area (Å²) in [7, 11) is 0. The molecule has 174 valence electrons. The quantitative estimate of drug-likeness (QED) is 0.478. The van der Waals surface area contributed by atoms with Crippen LogP contribution in [0.5, 0.6) is 11.5 Å². The normalized spacial score (nSPS) is 46.2. The van der Waals surface area contributed by atoms with Crippen molar-refractivity contribution < 1.29 is 10.2 Å². The Hall–Kier alpha value is -1.18. The first-order valence-electron chi connectivity index (χ1n) is 13.7. The molecule has 0 aromatic heterocycles. The van der Waals surface area contributed by atoms with E-state index >= 15 is 0 Å². The molecule has 0 atom stereocenters. The highest BCUT2D eigenvalue weighted by Gasteiger charge is 2.56. The van der Waals surface area contributed by atoms with Crippen molar-refractivity contribution in [2.75, 3.05) is 0 Å². The van der Waals surface area contributed by atoms with E-state index in [0.717, 1.165) is 46.6 Å². The van der Waals surface area contributed by atoms with Gasteiger partial charge < -0.3 is 10.2 Å². The third-order valence-electron chi connectivity index (χ3n) is 11.3. The van der Waals surface area contributed by atoms with E-state index in [1.54, 1.807) is 0 Å². The van der Waals surface area contributed by atoms with Crippen LogP contribution in [0.15, 0.2) is 6.07 Å². The van der Waals surface area contributed by atoms with Crippen molar-refractivity contribution in [1.29, 1.82) is 0 Å². The fourth-order valence-electron chi connectivity index (χ4n) is 11.0. The van der Waals surface area contributed by atoms with Gasteiger partial charge in [-0.05, 0) is 129 Å². The average molecular weight is 435 g/mol. The Morgan fingerprint density at radius 2 is 1.00 bits per heavy atom. The smallest absolute Gasteiger partial charge is 0.161 e. The van der Waals surface area contributed by atoms with Crippen LogP contribution in [-0.4, -0.2) is 10.2 Å². The molecule has 8 fully saturated rings. The monoisotopic (exact) mass is 434 g/mol. The molecule has 1 aromatic rings. The molecule has 0 amide bonds. The van der Waals surface area contributed by atoms with E-state index < -0.39 is 0 Å². The van der Waals surface area contributed by atoms with Gasteiger partial charge in [0.25, 0.3) is 0 Å². The molecular weight excluding hydrogens is 392 g/mol. The maximum Gasteiger partial charge on any atom is 0.161 e. The average Bonchev–Trinajstić information content (AvgIpc) is 2.66. The Kier molecular flexibility index (Phi) is 3.96. The van der Waals surface area contributed by atoms with E-state index in [1.807, 2.05) is 0 Å². The maximum absolute atomic E-state index is 11.8. The van der Waals surface area contributed by atoms with E-state index in [0.29, 0.717) is 0 Å². The third-order valence-corrected chi connectivity index (χ3v) is 11.3. The first-order chi connectivity index (χ1) is 15.1. The van der Waals surface area contributed by atoms with Gasteiger partial charge in [-0.1, -0.05) is 26.8 Å². The van der Waals surface area contributed by atoms with Crippen molar-refractivity contribution in [1.82, 2.24) is 0 Å². The molecule has 8 aliphatic rings. The van der Waals surface area contributed by atoms with Crippen LogP contribution in [-0.2, 0) is 16.2 Å². The molecule has 9 rings (SSSR count). The molecule has 8 aliphatic carbocycles. The predicted molar refractivity (Wildman–Crippen MR) is 128 cm³/mol. The zero-order valence-electron chi connectivity index (χ0n) is 20.4. The Bertz CT molecular complexity index is 893. The lowest BCUT2D eigenvalue weighted by atomic mass is 9.46. The fraction of sp³-hybridized carbons (Fsp3) is 0.800. The molecule has 0 unspecified atom stereocenters. The van der Waals surface area contributed by atoms with Gasteiger partial charge in [-0.2, -0.15) is 0 Å². The van der Waals surface area contributed by atoms with E-state index in [4.69, 9.17) is 0 Å². The van der Waals surface area contributed by atoms with Crippen LogP contribution in [0.25, 0.3) is 0 Å². The van der Waals surface area contributed by atoms with Crippen LogP contribution < -0.4 is 0 Å². The molecule has 0 heterocycles. The number of hydrogen-bond acceptors (Lipinski definition) is 2. The van der Waals surface area contributed by atoms with Crippen molar-refractivity contribution in [2.45, 2.75) is 114 Å². The van der Waals surface area contributed by atoms with Crippen LogP contribution in [0.3, 0.4) is 0 Å². The van der Waals surface area contributed by atoms with Crippen LogP contribution in [0.2, 0.25) is 0 Å². The lowest BCUT2D eigenvalue weighted by Crippen LogP contribution is -2.50. The van der Waals surface area contributed by atoms with Crippen LogP contribution in [0, 0.1) is 35.5 Å². The highest BCUT2D eigenvalue weighted by molar-refractivity contribution is 5.61. The molecule has 0 saturated heterocycles. The SMILES string of the molecule is CC(C)(C)c1cc(C23CC4CC(CC(C4)C2)C3)c(O)c(O)c1C12CC3CC(CC(C3)C1)C2. The van der Waals surface area contributed by atoms with Gasteiger partial charge in [0.05, 0.1) is 0 Å². The standard InChI is InChI=1S/C30H42O2/c1-28(2,3)23-10-24(29-11-17-4-18(12-29)6-19(5-17)13-29)26(31)27(32)25(23)30-14-20-7-21(15-30)9-22(8-20)16-30/h10,17-22,31-32H,4-9,11-16H2,1-3H3. The zero-order chi connectivity index (χ0) is 22.0. The number of phenolic OH excluding ortho intramolecular Hbond substituents is 2. The first kappa shape index (κ1) is 20.2. The molecule has 32 heavy (non-hydrogen) atoms. The van der Waals surface area contributed by atoms with Gasteiger partial charge in [0.15, 0.2) is 11.5 Å². The number of phenols is 2. The second-order valence-electron chi connectivity index (χ2n) is 14.7. The molecule has 0 radical (unpaired) electrons. The molecule has 1 aromatic carbocycles. The van der Waals surface area contributed by atoms with Gasteiger partial charge in [-0.3, -0.25) is 0 Å². The minimum Gasteiger partial charge on any atom is -0.504 e. The molecule has 2 heteroatoms. The molecule has 2 N–H and O–H groups in total. The van der Waals surface area contributed by atoms with Crippen LogP contribution >= 0.6 is 0 Å². The number of aromatic hydroxyl groups is 2. The minimum absolute atomic E-state index is 0.0269. The molecule has 8 bridgehead atoms. The lowest BCUT2D eigenvalue weighted by Gasteiger charge is -2.59. The van der Waals surface area contributed by atoms with Crippen molar-refractivity contribution in [3.05, 3.63) is 22.8 Å². The summed E-state index contributed by atoms with van der Waals surface area (Å²) in [5, 5.41) is 23.5. The predicted octanol–water partition coefficient (Wildman–Crippen LogP) is 7.33. The summed E-state index contributed by atoms with van der Waals surface area (Å²) >= 11 is 0. The van der Waals surface area contributed by atoms with Crippen molar-refractivity contribution in [3.8, 4) is 11.5 Å². The highest BCUT2D eigenvalue weighted by atomic mass is 16.3. The Morgan fingerprint density at radius 1 is 0.625 bits per heavy atom. The number of hydrogen-bond donors (Lipinski definition) is 2. The number of rotatable bonds is 2. The van der Waals surface area contributed by atoms with Gasteiger partial charge >= 0.3 is 0 Å². The van der Waals surface area contributed by atoms with E-state index in [1.165, 1.54) is 82.6 Å². The Morgan fingerprint density at radius 3 is 1.38 bits per heavy atom. The number of benzene rings is 1. The van der Waals surface area contributed by atoms with E-state index in [-0.39, 0.29) is 27.7 Å². The van der Waals surface area contributed by atoms with Crippen molar-refractivity contribution in [3.63, 3.8) is 0 Å². The molecule has 0 aliphatic heterocycles. The van der Waals surface area contributed by atoms with Crippen molar-refractivity contribution >= 4 is 0 Å². The summed E-state index contributed by atoms with van der Waals surface area (Å²) < 4.78 is 0. The second kappa shape index (κ2) is 6.28. The van der Waals surface area contributed by atoms with Gasteiger partial charge in [0.2, 0.25) is 0 Å². The zero-order valence-corrected chi connectivity index (χ0v) is 20.4.